The first-order valence-electron chi connectivity index (χ1n) is 6.90. The van der Waals surface area contributed by atoms with Crippen molar-refractivity contribution >= 4 is 0 Å². The molecule has 2 N–H and O–H groups in total. The molecule has 0 bridgehead atoms. The molecule has 0 saturated carbocycles. The maximum Gasteiger partial charge on any atom is 0.0205 e. The minimum Gasteiger partial charge on any atom is -0.313 e. The van der Waals surface area contributed by atoms with Crippen LogP contribution in [0.2, 0.25) is 0 Å². The summed E-state index contributed by atoms with van der Waals surface area (Å²) in [4.78, 5) is 0. The van der Waals surface area contributed by atoms with Crippen LogP contribution < -0.4 is 10.6 Å². The van der Waals surface area contributed by atoms with Gasteiger partial charge in [-0.3, -0.25) is 0 Å². The predicted molar refractivity (Wildman–Crippen MR) is 80.0 cm³/mol. The van der Waals surface area contributed by atoms with E-state index in [9.17, 15) is 0 Å². The molecule has 0 aliphatic rings. The van der Waals surface area contributed by atoms with E-state index in [2.05, 4.69) is 63.5 Å². The highest BCUT2D eigenvalue weighted by Crippen LogP contribution is 2.08. The van der Waals surface area contributed by atoms with Crippen molar-refractivity contribution in [1.29, 1.82) is 0 Å². The van der Waals surface area contributed by atoms with Gasteiger partial charge in [-0.05, 0) is 59.7 Å². The lowest BCUT2D eigenvalue weighted by Gasteiger charge is -2.20. The van der Waals surface area contributed by atoms with Gasteiger partial charge in [-0.25, -0.2) is 0 Å². The van der Waals surface area contributed by atoms with Crippen LogP contribution in [0, 0.1) is 13.8 Å². The van der Waals surface area contributed by atoms with Crippen LogP contribution in [-0.2, 0) is 6.54 Å². The maximum absolute atomic E-state index is 3.50. The third-order valence-corrected chi connectivity index (χ3v) is 2.80. The fraction of sp³-hybridized carbons (Fsp3) is 0.625. The van der Waals surface area contributed by atoms with E-state index in [0.29, 0.717) is 0 Å². The summed E-state index contributed by atoms with van der Waals surface area (Å²) in [5.74, 6) is 0. The topological polar surface area (TPSA) is 24.1 Å². The Morgan fingerprint density at radius 1 is 0.944 bits per heavy atom. The van der Waals surface area contributed by atoms with Gasteiger partial charge in [0.15, 0.2) is 0 Å². The summed E-state index contributed by atoms with van der Waals surface area (Å²) in [6.07, 6.45) is 1.17. The molecule has 2 heteroatoms. The van der Waals surface area contributed by atoms with Gasteiger partial charge in [-0.2, -0.15) is 0 Å². The Labute approximate surface area is 112 Å². The Hall–Kier alpha value is -0.860. The monoisotopic (exact) mass is 248 g/mol. The number of aryl methyl sites for hydroxylation is 2. The molecule has 0 fully saturated rings. The summed E-state index contributed by atoms with van der Waals surface area (Å²) in [5, 5.41) is 7.00. The predicted octanol–water partition coefficient (Wildman–Crippen LogP) is 3.17. The van der Waals surface area contributed by atoms with Crippen molar-refractivity contribution in [3.05, 3.63) is 34.9 Å². The van der Waals surface area contributed by atoms with Crippen LogP contribution in [0.15, 0.2) is 18.2 Å². The number of hydrogen-bond donors (Lipinski definition) is 2. The van der Waals surface area contributed by atoms with Crippen LogP contribution in [0.1, 0.15) is 43.9 Å². The van der Waals surface area contributed by atoms with Gasteiger partial charge in [0.25, 0.3) is 0 Å². The van der Waals surface area contributed by atoms with Crippen molar-refractivity contribution in [2.24, 2.45) is 0 Å². The second kappa shape index (κ2) is 6.91. The van der Waals surface area contributed by atoms with Gasteiger partial charge in [-0.1, -0.05) is 29.3 Å². The van der Waals surface area contributed by atoms with Crippen molar-refractivity contribution in [1.82, 2.24) is 10.6 Å². The summed E-state index contributed by atoms with van der Waals surface area (Å²) in [6, 6.07) is 6.73. The molecule has 0 atom stereocenters. The van der Waals surface area contributed by atoms with Crippen LogP contribution >= 0.6 is 0 Å². The van der Waals surface area contributed by atoms with Gasteiger partial charge in [0, 0.05) is 12.1 Å². The van der Waals surface area contributed by atoms with E-state index in [0.717, 1.165) is 19.6 Å². The number of benzene rings is 1. The Morgan fingerprint density at radius 3 is 2.11 bits per heavy atom. The van der Waals surface area contributed by atoms with Crippen LogP contribution in [0.3, 0.4) is 0 Å². The number of hydrogen-bond acceptors (Lipinski definition) is 2. The summed E-state index contributed by atoms with van der Waals surface area (Å²) < 4.78 is 0. The molecule has 0 aliphatic carbocycles. The SMILES string of the molecule is Cc1cc(C)cc(CNCCCNC(C)(C)C)c1. The van der Waals surface area contributed by atoms with Gasteiger partial charge in [-0.15, -0.1) is 0 Å². The molecule has 0 unspecified atom stereocenters. The lowest BCUT2D eigenvalue weighted by molar-refractivity contribution is 0.418. The summed E-state index contributed by atoms with van der Waals surface area (Å²) in [6.45, 7) is 14.0. The van der Waals surface area contributed by atoms with Crippen molar-refractivity contribution in [2.75, 3.05) is 13.1 Å². The van der Waals surface area contributed by atoms with Gasteiger partial charge >= 0.3 is 0 Å². The molecule has 1 aromatic carbocycles. The summed E-state index contributed by atoms with van der Waals surface area (Å²) >= 11 is 0. The lowest BCUT2D eigenvalue weighted by atomic mass is 10.1. The average Bonchev–Trinajstić information content (AvgIpc) is 2.20. The first kappa shape index (κ1) is 15.2. The first-order chi connectivity index (χ1) is 8.37. The molecule has 0 heterocycles. The van der Waals surface area contributed by atoms with Gasteiger partial charge in [0.1, 0.15) is 0 Å². The molecule has 1 rings (SSSR count). The van der Waals surface area contributed by atoms with Crippen LogP contribution in [-0.4, -0.2) is 18.6 Å². The smallest absolute Gasteiger partial charge is 0.0205 e. The van der Waals surface area contributed by atoms with E-state index in [4.69, 9.17) is 0 Å². The molecule has 18 heavy (non-hydrogen) atoms. The van der Waals surface area contributed by atoms with E-state index in [1.165, 1.54) is 23.1 Å². The van der Waals surface area contributed by atoms with Crippen molar-refractivity contribution in [3.8, 4) is 0 Å². The van der Waals surface area contributed by atoms with Crippen LogP contribution in [0.4, 0.5) is 0 Å². The molecule has 0 amide bonds. The zero-order valence-corrected chi connectivity index (χ0v) is 12.6. The largest absolute Gasteiger partial charge is 0.313 e. The Kier molecular flexibility index (Phi) is 5.83. The van der Waals surface area contributed by atoms with Crippen molar-refractivity contribution in [3.63, 3.8) is 0 Å². The minimum atomic E-state index is 0.230. The molecule has 0 saturated heterocycles. The number of rotatable bonds is 6. The zero-order chi connectivity index (χ0) is 13.6. The zero-order valence-electron chi connectivity index (χ0n) is 12.6. The second-order valence-electron chi connectivity index (χ2n) is 6.20. The van der Waals surface area contributed by atoms with Crippen molar-refractivity contribution in [2.45, 2.75) is 53.1 Å². The highest BCUT2D eigenvalue weighted by molar-refractivity contribution is 5.28. The molecule has 1 aromatic rings. The Bertz CT molecular complexity index is 344. The highest BCUT2D eigenvalue weighted by atomic mass is 14.9. The standard InChI is InChI=1S/C16H28N2/c1-13-9-14(2)11-15(10-13)12-17-7-6-8-18-16(3,4)5/h9-11,17-18H,6-8,12H2,1-5H3. The van der Waals surface area contributed by atoms with Gasteiger partial charge in [0.05, 0.1) is 0 Å². The first-order valence-corrected chi connectivity index (χ1v) is 6.90. The molecule has 0 spiro atoms. The fourth-order valence-corrected chi connectivity index (χ4v) is 2.08. The van der Waals surface area contributed by atoms with E-state index in [1.54, 1.807) is 0 Å². The molecular formula is C16H28N2. The lowest BCUT2D eigenvalue weighted by Crippen LogP contribution is -2.37. The van der Waals surface area contributed by atoms with Crippen LogP contribution in [0.25, 0.3) is 0 Å². The molecule has 0 radical (unpaired) electrons. The third kappa shape index (κ3) is 6.77. The average molecular weight is 248 g/mol. The fourth-order valence-electron chi connectivity index (χ4n) is 2.08. The normalized spacial score (nSPS) is 11.8. The van der Waals surface area contributed by atoms with Crippen molar-refractivity contribution < 1.29 is 0 Å². The molecule has 102 valence electrons. The molecule has 0 aromatic heterocycles. The quantitative estimate of drug-likeness (QED) is 0.756. The van der Waals surface area contributed by atoms with E-state index in [-0.39, 0.29) is 5.54 Å². The number of nitrogens with one attached hydrogen (secondary N) is 2. The second-order valence-corrected chi connectivity index (χ2v) is 6.20. The minimum absolute atomic E-state index is 0.230. The van der Waals surface area contributed by atoms with Gasteiger partial charge in [0.2, 0.25) is 0 Å². The molecule has 2 nitrogen and oxygen atoms in total. The Balaban J connectivity index is 2.18. The third-order valence-electron chi connectivity index (χ3n) is 2.80. The molecular weight excluding hydrogens is 220 g/mol. The molecule has 0 aliphatic heterocycles. The van der Waals surface area contributed by atoms with E-state index < -0.39 is 0 Å². The maximum atomic E-state index is 3.50. The highest BCUT2D eigenvalue weighted by Gasteiger charge is 2.06. The summed E-state index contributed by atoms with van der Waals surface area (Å²) in [5.41, 5.74) is 4.31. The van der Waals surface area contributed by atoms with Crippen LogP contribution in [0.5, 0.6) is 0 Å². The Morgan fingerprint density at radius 2 is 1.56 bits per heavy atom. The van der Waals surface area contributed by atoms with Gasteiger partial charge < -0.3 is 10.6 Å². The van der Waals surface area contributed by atoms with E-state index >= 15 is 0 Å². The van der Waals surface area contributed by atoms with E-state index in [1.807, 2.05) is 0 Å². The summed E-state index contributed by atoms with van der Waals surface area (Å²) in [7, 11) is 0.